The van der Waals surface area contributed by atoms with Crippen LogP contribution < -0.4 is 4.90 Å². The normalized spacial score (nSPS) is 13.8. The fourth-order valence-electron chi connectivity index (χ4n) is 2.59. The molecule has 1 fully saturated rings. The van der Waals surface area contributed by atoms with Gasteiger partial charge >= 0.3 is 5.97 Å². The summed E-state index contributed by atoms with van der Waals surface area (Å²) in [5.74, 6) is 0.782. The first-order chi connectivity index (χ1) is 11.4. The van der Waals surface area contributed by atoms with Crippen LogP contribution in [0.25, 0.3) is 0 Å². The zero-order chi connectivity index (χ0) is 17.4. The zero-order valence-electron chi connectivity index (χ0n) is 14.2. The molecule has 7 heteroatoms. The third kappa shape index (κ3) is 3.08. The molecule has 1 aliphatic rings. The van der Waals surface area contributed by atoms with Crippen LogP contribution in [0.5, 0.6) is 0 Å². The first kappa shape index (κ1) is 16.7. The second-order valence-corrected chi connectivity index (χ2v) is 6.84. The summed E-state index contributed by atoms with van der Waals surface area (Å²) in [6.07, 6.45) is 1.88. The Morgan fingerprint density at radius 3 is 2.62 bits per heavy atom. The highest BCUT2D eigenvalue weighted by Gasteiger charge is 2.38. The van der Waals surface area contributed by atoms with E-state index in [-0.39, 0.29) is 11.9 Å². The Bertz CT molecular complexity index is 789. The summed E-state index contributed by atoms with van der Waals surface area (Å²) in [6.45, 7) is 7.43. The number of carbonyl (C=O) groups is 2. The number of carbonyl (C=O) groups excluding carboxylic acids is 2. The van der Waals surface area contributed by atoms with E-state index in [1.54, 1.807) is 31.7 Å². The minimum atomic E-state index is -0.391. The van der Waals surface area contributed by atoms with Crippen molar-refractivity contribution in [1.29, 1.82) is 0 Å². The molecule has 0 unspecified atom stereocenters. The second kappa shape index (κ2) is 6.39. The highest BCUT2D eigenvalue weighted by Crippen LogP contribution is 2.37. The van der Waals surface area contributed by atoms with E-state index in [0.717, 1.165) is 12.8 Å². The first-order valence-electron chi connectivity index (χ1n) is 7.97. The van der Waals surface area contributed by atoms with Gasteiger partial charge in [-0.05, 0) is 46.6 Å². The fraction of sp³-hybridized carbons (Fsp3) is 0.471. The Hall–Kier alpha value is -2.15. The summed E-state index contributed by atoms with van der Waals surface area (Å²) in [5, 5.41) is 0.543. The predicted octanol–water partition coefficient (Wildman–Crippen LogP) is 3.65. The molecule has 6 nitrogen and oxygen atoms in total. The van der Waals surface area contributed by atoms with Crippen LogP contribution in [-0.2, 0) is 4.74 Å². The van der Waals surface area contributed by atoms with Crippen LogP contribution in [0.15, 0.2) is 10.5 Å². The summed E-state index contributed by atoms with van der Waals surface area (Å²) in [5.41, 5.74) is 1.14. The molecule has 0 spiro atoms. The maximum Gasteiger partial charge on any atom is 0.350 e. The molecule has 0 saturated heterocycles. The molecule has 1 amide bonds. The van der Waals surface area contributed by atoms with E-state index in [1.165, 1.54) is 11.3 Å². The van der Waals surface area contributed by atoms with Gasteiger partial charge in [0.1, 0.15) is 16.4 Å². The minimum Gasteiger partial charge on any atom is -0.466 e. The van der Waals surface area contributed by atoms with E-state index >= 15 is 0 Å². The molecule has 1 aliphatic carbocycles. The van der Waals surface area contributed by atoms with Crippen LogP contribution in [0.4, 0.5) is 5.13 Å². The summed E-state index contributed by atoms with van der Waals surface area (Å²) < 4.78 is 10.5. The van der Waals surface area contributed by atoms with Crippen LogP contribution in [0.3, 0.4) is 0 Å². The van der Waals surface area contributed by atoms with Crippen molar-refractivity contribution in [3.05, 3.63) is 33.7 Å². The number of hydrogen-bond donors (Lipinski definition) is 0. The number of esters is 1. The van der Waals surface area contributed by atoms with Crippen LogP contribution in [0.1, 0.15) is 57.0 Å². The number of nitrogens with zero attached hydrogens (tertiary/aromatic N) is 2. The lowest BCUT2D eigenvalue weighted by Gasteiger charge is -2.18. The molecule has 0 atom stereocenters. The molecule has 128 valence electrons. The number of aryl methyl sites for hydroxylation is 3. The Kier molecular flexibility index (Phi) is 4.45. The van der Waals surface area contributed by atoms with Crippen molar-refractivity contribution >= 4 is 28.3 Å². The summed E-state index contributed by atoms with van der Waals surface area (Å²) >= 11 is 1.21. The standard InChI is InChI=1S/C17H20N2O4S/c1-5-22-16(21)14-10(3)18-17(24-14)19(12-6-7-12)15(20)13-8-9(2)23-11(13)4/h8,12H,5-7H2,1-4H3. The first-order valence-corrected chi connectivity index (χ1v) is 8.79. The molecule has 0 aromatic carbocycles. The third-order valence-electron chi connectivity index (χ3n) is 3.85. The molecule has 3 rings (SSSR count). The topological polar surface area (TPSA) is 72.6 Å². The van der Waals surface area contributed by atoms with Gasteiger partial charge in [0.05, 0.1) is 17.9 Å². The smallest absolute Gasteiger partial charge is 0.350 e. The highest BCUT2D eigenvalue weighted by atomic mass is 32.1. The highest BCUT2D eigenvalue weighted by molar-refractivity contribution is 7.17. The van der Waals surface area contributed by atoms with Gasteiger partial charge in [0.25, 0.3) is 5.91 Å². The number of anilines is 1. The second-order valence-electron chi connectivity index (χ2n) is 5.86. The van der Waals surface area contributed by atoms with E-state index in [2.05, 4.69) is 4.98 Å². The van der Waals surface area contributed by atoms with E-state index in [9.17, 15) is 9.59 Å². The van der Waals surface area contributed by atoms with Gasteiger partial charge in [-0.25, -0.2) is 9.78 Å². The van der Waals surface area contributed by atoms with E-state index in [0.29, 0.717) is 39.4 Å². The largest absolute Gasteiger partial charge is 0.466 e. The monoisotopic (exact) mass is 348 g/mol. The Morgan fingerprint density at radius 1 is 1.38 bits per heavy atom. The molecule has 0 radical (unpaired) electrons. The molecule has 1 saturated carbocycles. The Balaban J connectivity index is 1.95. The number of hydrogen-bond acceptors (Lipinski definition) is 6. The number of rotatable bonds is 5. The zero-order valence-corrected chi connectivity index (χ0v) is 15.0. The molecule has 2 aromatic rings. The lowest BCUT2D eigenvalue weighted by molar-refractivity contribution is 0.0531. The van der Waals surface area contributed by atoms with Gasteiger partial charge in [-0.15, -0.1) is 0 Å². The number of amides is 1. The Morgan fingerprint density at radius 2 is 2.08 bits per heavy atom. The summed E-state index contributed by atoms with van der Waals surface area (Å²) in [7, 11) is 0. The van der Waals surface area contributed by atoms with Crippen LogP contribution in [0, 0.1) is 20.8 Å². The molecule has 2 aromatic heterocycles. The number of furan rings is 1. The number of aromatic nitrogens is 1. The summed E-state index contributed by atoms with van der Waals surface area (Å²) in [6, 6.07) is 1.88. The molecule has 0 aliphatic heterocycles. The van der Waals surface area contributed by atoms with Crippen LogP contribution >= 0.6 is 11.3 Å². The minimum absolute atomic E-state index is 0.129. The molecular formula is C17H20N2O4S. The van der Waals surface area contributed by atoms with Crippen LogP contribution in [0.2, 0.25) is 0 Å². The van der Waals surface area contributed by atoms with Gasteiger partial charge in [-0.2, -0.15) is 0 Å². The van der Waals surface area contributed by atoms with Crippen molar-refractivity contribution in [1.82, 2.24) is 4.98 Å². The predicted molar refractivity (Wildman–Crippen MR) is 90.8 cm³/mol. The molecule has 2 heterocycles. The van der Waals surface area contributed by atoms with Gasteiger partial charge in [-0.3, -0.25) is 9.69 Å². The maximum absolute atomic E-state index is 13.0. The average Bonchev–Trinajstić information content (AvgIpc) is 3.18. The van der Waals surface area contributed by atoms with Gasteiger partial charge < -0.3 is 9.15 Å². The average molecular weight is 348 g/mol. The third-order valence-corrected chi connectivity index (χ3v) is 4.99. The molecule has 24 heavy (non-hydrogen) atoms. The number of ether oxygens (including phenoxy) is 1. The SMILES string of the molecule is CCOC(=O)c1sc(N(C(=O)c2cc(C)oc2C)C2CC2)nc1C. The molecule has 0 bridgehead atoms. The van der Waals surface area contributed by atoms with Crippen molar-refractivity contribution in [2.24, 2.45) is 0 Å². The quantitative estimate of drug-likeness (QED) is 0.771. The van der Waals surface area contributed by atoms with Gasteiger partial charge in [0.15, 0.2) is 5.13 Å². The van der Waals surface area contributed by atoms with Crippen molar-refractivity contribution in [2.45, 2.75) is 46.6 Å². The van der Waals surface area contributed by atoms with E-state index < -0.39 is 5.97 Å². The van der Waals surface area contributed by atoms with E-state index in [1.807, 2.05) is 6.92 Å². The fourth-order valence-corrected chi connectivity index (χ4v) is 3.62. The summed E-state index contributed by atoms with van der Waals surface area (Å²) in [4.78, 5) is 31.6. The lowest BCUT2D eigenvalue weighted by Crippen LogP contribution is -2.33. The van der Waals surface area contributed by atoms with Gasteiger partial charge in [-0.1, -0.05) is 11.3 Å². The Labute approximate surface area is 144 Å². The maximum atomic E-state index is 13.0. The van der Waals surface area contributed by atoms with Crippen LogP contribution in [-0.4, -0.2) is 29.5 Å². The van der Waals surface area contributed by atoms with Gasteiger partial charge in [0.2, 0.25) is 0 Å². The lowest BCUT2D eigenvalue weighted by atomic mass is 10.2. The molecule has 0 N–H and O–H groups in total. The number of thiazole rings is 1. The van der Waals surface area contributed by atoms with Crippen molar-refractivity contribution in [3.8, 4) is 0 Å². The van der Waals surface area contributed by atoms with Crippen molar-refractivity contribution in [2.75, 3.05) is 11.5 Å². The van der Waals surface area contributed by atoms with Gasteiger partial charge in [0, 0.05) is 6.04 Å². The molecular weight excluding hydrogens is 328 g/mol. The van der Waals surface area contributed by atoms with E-state index in [4.69, 9.17) is 9.15 Å². The van der Waals surface area contributed by atoms with Crippen molar-refractivity contribution in [3.63, 3.8) is 0 Å². The van der Waals surface area contributed by atoms with Crippen molar-refractivity contribution < 1.29 is 18.7 Å².